The molecule has 0 amide bonds. The summed E-state index contributed by atoms with van der Waals surface area (Å²) in [5.74, 6) is 0.820. The van der Waals surface area contributed by atoms with E-state index >= 15 is 0 Å². The van der Waals surface area contributed by atoms with Crippen LogP contribution in [0.5, 0.6) is 0 Å². The minimum atomic E-state index is -2.23. The third-order valence-electron chi connectivity index (χ3n) is 3.30. The molecule has 0 aromatic heterocycles. The Bertz CT molecular complexity index is 181. The van der Waals surface area contributed by atoms with Gasteiger partial charge in [0, 0.05) is 6.54 Å². The fraction of sp³-hybridized carbons (Fsp3) is 1.00. The molecule has 1 aliphatic carbocycles. The summed E-state index contributed by atoms with van der Waals surface area (Å²) in [5.41, 5.74) is 0.186. The monoisotopic (exact) mass is 237 g/mol. The van der Waals surface area contributed by atoms with Crippen molar-refractivity contribution >= 4 is 12.6 Å². The van der Waals surface area contributed by atoms with Gasteiger partial charge in [-0.1, -0.05) is 19.3 Å². The Hall–Kier alpha value is 0.170. The second-order valence-electron chi connectivity index (χ2n) is 4.81. The van der Waals surface area contributed by atoms with E-state index in [1.165, 1.54) is 19.3 Å². The standard InChI is InChI=1S/C11H21F2NS/c1-14(7-10(12)13)8-11(9-15)5-3-2-4-6-11/h10,15H,2-9H2,1H3. The van der Waals surface area contributed by atoms with E-state index in [2.05, 4.69) is 12.6 Å². The van der Waals surface area contributed by atoms with Gasteiger partial charge in [0.05, 0.1) is 6.54 Å². The lowest BCUT2D eigenvalue weighted by molar-refractivity contribution is 0.0692. The van der Waals surface area contributed by atoms with E-state index in [1.54, 1.807) is 11.9 Å². The summed E-state index contributed by atoms with van der Waals surface area (Å²) >= 11 is 4.40. The number of hydrogen-bond acceptors (Lipinski definition) is 2. The zero-order valence-electron chi connectivity index (χ0n) is 9.38. The highest BCUT2D eigenvalue weighted by Gasteiger charge is 2.32. The van der Waals surface area contributed by atoms with Crippen LogP contribution in [0.3, 0.4) is 0 Å². The fourth-order valence-electron chi connectivity index (χ4n) is 2.54. The van der Waals surface area contributed by atoms with Crippen molar-refractivity contribution in [2.75, 3.05) is 25.9 Å². The highest BCUT2D eigenvalue weighted by atomic mass is 32.1. The SMILES string of the molecule is CN(CC(F)F)CC1(CS)CCCCC1. The van der Waals surface area contributed by atoms with Gasteiger partial charge in [0.1, 0.15) is 0 Å². The van der Waals surface area contributed by atoms with Crippen molar-refractivity contribution in [3.63, 3.8) is 0 Å². The summed E-state index contributed by atoms with van der Waals surface area (Å²) in [6, 6.07) is 0. The van der Waals surface area contributed by atoms with Crippen molar-refractivity contribution in [2.24, 2.45) is 5.41 Å². The van der Waals surface area contributed by atoms with Crippen molar-refractivity contribution in [2.45, 2.75) is 38.5 Å². The predicted octanol–water partition coefficient (Wildman–Crippen LogP) is 3.06. The molecule has 0 unspecified atom stereocenters. The maximum absolute atomic E-state index is 12.2. The normalized spacial score (nSPS) is 21.2. The van der Waals surface area contributed by atoms with Gasteiger partial charge in [0.2, 0.25) is 0 Å². The van der Waals surface area contributed by atoms with Gasteiger partial charge in [-0.25, -0.2) is 8.78 Å². The largest absolute Gasteiger partial charge is 0.300 e. The number of thiol groups is 1. The average molecular weight is 237 g/mol. The van der Waals surface area contributed by atoms with Gasteiger partial charge < -0.3 is 4.90 Å². The van der Waals surface area contributed by atoms with Crippen LogP contribution in [-0.4, -0.2) is 37.2 Å². The van der Waals surface area contributed by atoms with E-state index in [0.717, 1.165) is 25.1 Å². The smallest absolute Gasteiger partial charge is 0.251 e. The summed E-state index contributed by atoms with van der Waals surface area (Å²) in [6.07, 6.45) is 3.80. The van der Waals surface area contributed by atoms with Crippen molar-refractivity contribution in [3.8, 4) is 0 Å². The lowest BCUT2D eigenvalue weighted by atomic mass is 9.75. The predicted molar refractivity (Wildman–Crippen MR) is 62.9 cm³/mol. The molecule has 0 aromatic rings. The first-order chi connectivity index (χ1) is 7.08. The summed E-state index contributed by atoms with van der Waals surface area (Å²) in [6.45, 7) is 0.649. The molecule has 0 heterocycles. The fourth-order valence-corrected chi connectivity index (χ4v) is 2.96. The lowest BCUT2D eigenvalue weighted by Gasteiger charge is -2.39. The highest BCUT2D eigenvalue weighted by molar-refractivity contribution is 7.80. The van der Waals surface area contributed by atoms with Crippen LogP contribution in [0.4, 0.5) is 8.78 Å². The Labute approximate surface area is 96.6 Å². The quantitative estimate of drug-likeness (QED) is 0.719. The molecular formula is C11H21F2NS. The third-order valence-corrected chi connectivity index (χ3v) is 3.98. The highest BCUT2D eigenvalue weighted by Crippen LogP contribution is 2.37. The Morgan fingerprint density at radius 1 is 1.27 bits per heavy atom. The number of halogens is 2. The third kappa shape index (κ3) is 4.27. The van der Waals surface area contributed by atoms with Gasteiger partial charge >= 0.3 is 0 Å². The van der Waals surface area contributed by atoms with Gasteiger partial charge in [-0.2, -0.15) is 12.6 Å². The summed E-state index contributed by atoms with van der Waals surface area (Å²) in [5, 5.41) is 0. The second-order valence-corrected chi connectivity index (χ2v) is 5.12. The molecule has 0 aliphatic heterocycles. The van der Waals surface area contributed by atoms with Crippen molar-refractivity contribution in [1.29, 1.82) is 0 Å². The first-order valence-corrected chi connectivity index (χ1v) is 6.29. The first-order valence-electron chi connectivity index (χ1n) is 5.65. The van der Waals surface area contributed by atoms with Crippen LogP contribution in [0.2, 0.25) is 0 Å². The molecule has 1 saturated carbocycles. The number of hydrogen-bond donors (Lipinski definition) is 1. The molecule has 0 N–H and O–H groups in total. The topological polar surface area (TPSA) is 3.24 Å². The van der Waals surface area contributed by atoms with Gasteiger partial charge in [-0.3, -0.25) is 0 Å². The van der Waals surface area contributed by atoms with E-state index < -0.39 is 6.43 Å². The van der Waals surface area contributed by atoms with Crippen LogP contribution >= 0.6 is 12.6 Å². The number of nitrogens with zero attached hydrogens (tertiary/aromatic N) is 1. The van der Waals surface area contributed by atoms with Gasteiger partial charge in [-0.05, 0) is 31.1 Å². The van der Waals surface area contributed by atoms with Gasteiger partial charge in [0.15, 0.2) is 0 Å². The van der Waals surface area contributed by atoms with E-state index in [9.17, 15) is 8.78 Å². The second kappa shape index (κ2) is 6.04. The lowest BCUT2D eigenvalue weighted by Crippen LogP contribution is -2.40. The molecular weight excluding hydrogens is 216 g/mol. The van der Waals surface area contributed by atoms with Crippen LogP contribution < -0.4 is 0 Å². The number of alkyl halides is 2. The number of rotatable bonds is 5. The molecule has 0 saturated heterocycles. The molecule has 0 radical (unpaired) electrons. The molecule has 1 fully saturated rings. The molecule has 0 atom stereocenters. The molecule has 90 valence electrons. The zero-order valence-corrected chi connectivity index (χ0v) is 10.3. The van der Waals surface area contributed by atoms with E-state index in [0.29, 0.717) is 0 Å². The Morgan fingerprint density at radius 3 is 2.33 bits per heavy atom. The molecule has 4 heteroatoms. The molecule has 0 spiro atoms. The summed E-state index contributed by atoms with van der Waals surface area (Å²) < 4.78 is 24.4. The maximum Gasteiger partial charge on any atom is 0.251 e. The van der Waals surface area contributed by atoms with Gasteiger partial charge in [-0.15, -0.1) is 0 Å². The Morgan fingerprint density at radius 2 is 1.87 bits per heavy atom. The van der Waals surface area contributed by atoms with Crippen molar-refractivity contribution in [3.05, 3.63) is 0 Å². The Kier molecular flexibility index (Phi) is 5.33. The van der Waals surface area contributed by atoms with Crippen LogP contribution in [0.1, 0.15) is 32.1 Å². The van der Waals surface area contributed by atoms with Crippen LogP contribution in [0.25, 0.3) is 0 Å². The molecule has 0 aromatic carbocycles. The van der Waals surface area contributed by atoms with Crippen molar-refractivity contribution < 1.29 is 8.78 Å². The minimum absolute atomic E-state index is 0.116. The van der Waals surface area contributed by atoms with Crippen LogP contribution in [0.15, 0.2) is 0 Å². The molecule has 1 rings (SSSR count). The summed E-state index contributed by atoms with van der Waals surface area (Å²) in [7, 11) is 1.78. The first kappa shape index (κ1) is 13.2. The van der Waals surface area contributed by atoms with Gasteiger partial charge in [0.25, 0.3) is 6.43 Å². The zero-order chi connectivity index (χ0) is 11.3. The molecule has 1 nitrogen and oxygen atoms in total. The van der Waals surface area contributed by atoms with E-state index in [1.807, 2.05) is 0 Å². The molecule has 0 bridgehead atoms. The average Bonchev–Trinajstić information content (AvgIpc) is 2.17. The molecule has 1 aliphatic rings. The van der Waals surface area contributed by atoms with Crippen LogP contribution in [0, 0.1) is 5.41 Å². The minimum Gasteiger partial charge on any atom is -0.300 e. The van der Waals surface area contributed by atoms with E-state index in [-0.39, 0.29) is 12.0 Å². The van der Waals surface area contributed by atoms with E-state index in [4.69, 9.17) is 0 Å². The summed E-state index contributed by atoms with van der Waals surface area (Å²) in [4.78, 5) is 1.76. The van der Waals surface area contributed by atoms with Crippen LogP contribution in [-0.2, 0) is 0 Å². The maximum atomic E-state index is 12.2. The Balaban J connectivity index is 2.43. The van der Waals surface area contributed by atoms with Crippen molar-refractivity contribution in [1.82, 2.24) is 4.90 Å². The molecule has 15 heavy (non-hydrogen) atoms.